The van der Waals surface area contributed by atoms with Crippen LogP contribution in [0.15, 0.2) is 18.2 Å². The molecule has 1 aromatic rings. The van der Waals surface area contributed by atoms with Gasteiger partial charge in [-0.2, -0.15) is 0 Å². The van der Waals surface area contributed by atoms with Gasteiger partial charge >= 0.3 is 0 Å². The smallest absolute Gasteiger partial charge is 0.273 e. The van der Waals surface area contributed by atoms with Crippen LogP contribution in [-0.4, -0.2) is 36.3 Å². The maximum Gasteiger partial charge on any atom is 0.273 e. The fourth-order valence-corrected chi connectivity index (χ4v) is 2.75. The van der Waals surface area contributed by atoms with Gasteiger partial charge in [0, 0.05) is 23.7 Å². The van der Waals surface area contributed by atoms with Gasteiger partial charge in [-0.3, -0.25) is 14.9 Å². The summed E-state index contributed by atoms with van der Waals surface area (Å²) in [7, 11) is -3.33. The van der Waals surface area contributed by atoms with Crippen LogP contribution in [0.4, 0.5) is 5.69 Å². The van der Waals surface area contributed by atoms with Crippen LogP contribution < -0.4 is 5.32 Å². The van der Waals surface area contributed by atoms with Crippen LogP contribution in [-0.2, 0) is 9.84 Å². The van der Waals surface area contributed by atoms with Gasteiger partial charge < -0.3 is 5.32 Å². The molecule has 1 aromatic carbocycles. The summed E-state index contributed by atoms with van der Waals surface area (Å²) < 4.78 is 23.0. The maximum absolute atomic E-state index is 12.0. The molecule has 0 heterocycles. The van der Waals surface area contributed by atoms with Gasteiger partial charge in [0.15, 0.2) is 9.84 Å². The fourth-order valence-electron chi connectivity index (χ4n) is 1.77. The molecule has 0 aliphatic heterocycles. The van der Waals surface area contributed by atoms with Crippen molar-refractivity contribution in [3.8, 4) is 0 Å². The fraction of sp³-hybridized carbons (Fsp3) is 0.500. The van der Waals surface area contributed by atoms with Crippen molar-refractivity contribution in [3.05, 3.63) is 39.4 Å². The molecule has 0 saturated heterocycles. The maximum atomic E-state index is 12.0. The SMILES string of the molecule is Cc1c(C(=O)NCCS(=O)(=O)C(C)(C)C)cccc1[N+](=O)[O-]. The predicted octanol–water partition coefficient (Wildman–Crippen LogP) is 1.85. The summed E-state index contributed by atoms with van der Waals surface area (Å²) in [6.45, 7) is 6.22. The Labute approximate surface area is 129 Å². The van der Waals surface area contributed by atoms with Gasteiger partial charge in [0.25, 0.3) is 11.6 Å². The highest BCUT2D eigenvalue weighted by atomic mass is 32.2. The van der Waals surface area contributed by atoms with Gasteiger partial charge in [0.1, 0.15) is 0 Å². The lowest BCUT2D eigenvalue weighted by Gasteiger charge is -2.19. The van der Waals surface area contributed by atoms with Gasteiger partial charge in [-0.05, 0) is 33.8 Å². The summed E-state index contributed by atoms with van der Waals surface area (Å²) in [6, 6.07) is 4.21. The van der Waals surface area contributed by atoms with E-state index in [1.54, 1.807) is 20.8 Å². The molecule has 22 heavy (non-hydrogen) atoms. The standard InChI is InChI=1S/C14H20N2O5S/c1-10-11(6-5-7-12(10)16(18)19)13(17)15-8-9-22(20,21)14(2,3)4/h5-7H,8-9H2,1-4H3,(H,15,17). The van der Waals surface area contributed by atoms with Gasteiger partial charge in [-0.15, -0.1) is 0 Å². The number of nitro groups is 1. The second kappa shape index (κ2) is 6.43. The third-order valence-corrected chi connectivity index (χ3v) is 5.94. The molecule has 0 spiro atoms. The van der Waals surface area contributed by atoms with Crippen molar-refractivity contribution >= 4 is 21.4 Å². The van der Waals surface area contributed by atoms with E-state index in [9.17, 15) is 23.3 Å². The summed E-state index contributed by atoms with van der Waals surface area (Å²) in [6.07, 6.45) is 0. The lowest BCUT2D eigenvalue weighted by molar-refractivity contribution is -0.385. The molecule has 1 amide bonds. The zero-order valence-electron chi connectivity index (χ0n) is 13.0. The highest BCUT2D eigenvalue weighted by Gasteiger charge is 2.28. The largest absolute Gasteiger partial charge is 0.351 e. The number of hydrogen-bond donors (Lipinski definition) is 1. The molecule has 0 fully saturated rings. The number of carbonyl (C=O) groups excluding carboxylic acids is 1. The van der Waals surface area contributed by atoms with Crippen LogP contribution in [0.2, 0.25) is 0 Å². The first-order chi connectivity index (χ1) is 9.97. The van der Waals surface area contributed by atoms with Crippen LogP contribution >= 0.6 is 0 Å². The van der Waals surface area contributed by atoms with E-state index in [2.05, 4.69) is 5.32 Å². The summed E-state index contributed by atoms with van der Waals surface area (Å²) in [5.74, 6) is -0.707. The predicted molar refractivity (Wildman–Crippen MR) is 83.7 cm³/mol. The average Bonchev–Trinajstić information content (AvgIpc) is 2.36. The molecule has 8 heteroatoms. The lowest BCUT2D eigenvalue weighted by Crippen LogP contribution is -2.36. The van der Waals surface area contributed by atoms with E-state index in [1.807, 2.05) is 0 Å². The second-order valence-electron chi connectivity index (χ2n) is 5.89. The Morgan fingerprint density at radius 2 is 1.91 bits per heavy atom. The lowest BCUT2D eigenvalue weighted by atomic mass is 10.1. The Hall–Kier alpha value is -1.96. The Kier molecular flexibility index (Phi) is 5.29. The monoisotopic (exact) mass is 328 g/mol. The zero-order chi connectivity index (χ0) is 17.1. The molecule has 1 N–H and O–H groups in total. The van der Waals surface area contributed by atoms with E-state index >= 15 is 0 Å². The number of sulfone groups is 1. The minimum Gasteiger partial charge on any atom is -0.351 e. The Morgan fingerprint density at radius 3 is 2.41 bits per heavy atom. The molecule has 0 aliphatic rings. The normalized spacial score (nSPS) is 12.0. The molecule has 7 nitrogen and oxygen atoms in total. The highest BCUT2D eigenvalue weighted by Crippen LogP contribution is 2.21. The number of hydrogen-bond acceptors (Lipinski definition) is 5. The molecule has 0 unspecified atom stereocenters. The summed E-state index contributed by atoms with van der Waals surface area (Å²) in [5.41, 5.74) is 0.279. The molecular weight excluding hydrogens is 308 g/mol. The van der Waals surface area contributed by atoms with Crippen molar-refractivity contribution in [2.24, 2.45) is 0 Å². The summed E-state index contributed by atoms with van der Waals surface area (Å²) in [4.78, 5) is 22.3. The van der Waals surface area contributed by atoms with E-state index in [4.69, 9.17) is 0 Å². The minimum absolute atomic E-state index is 0.0411. The molecule has 0 atom stereocenters. The molecule has 0 aliphatic carbocycles. The van der Waals surface area contributed by atoms with Gasteiger partial charge in [-0.1, -0.05) is 6.07 Å². The molecular formula is C14H20N2O5S. The highest BCUT2D eigenvalue weighted by molar-refractivity contribution is 7.92. The van der Waals surface area contributed by atoms with Crippen LogP contribution in [0.3, 0.4) is 0 Å². The molecule has 0 saturated carbocycles. The first-order valence-electron chi connectivity index (χ1n) is 6.72. The number of nitro benzene ring substituents is 1. The van der Waals surface area contributed by atoms with Crippen molar-refractivity contribution in [2.45, 2.75) is 32.4 Å². The molecule has 1 rings (SSSR count). The van der Waals surface area contributed by atoms with Gasteiger partial charge in [-0.25, -0.2) is 8.42 Å². The number of nitrogens with zero attached hydrogens (tertiary/aromatic N) is 1. The topological polar surface area (TPSA) is 106 Å². The first-order valence-corrected chi connectivity index (χ1v) is 8.37. The van der Waals surface area contributed by atoms with Crippen molar-refractivity contribution in [2.75, 3.05) is 12.3 Å². The van der Waals surface area contributed by atoms with Gasteiger partial charge in [0.05, 0.1) is 15.4 Å². The second-order valence-corrected chi connectivity index (χ2v) is 8.76. The Balaban J connectivity index is 2.80. The Bertz CT molecular complexity index is 690. The van der Waals surface area contributed by atoms with Crippen LogP contribution in [0.25, 0.3) is 0 Å². The van der Waals surface area contributed by atoms with Gasteiger partial charge in [0.2, 0.25) is 0 Å². The van der Waals surface area contributed by atoms with Crippen molar-refractivity contribution in [3.63, 3.8) is 0 Å². The number of carbonyl (C=O) groups is 1. The summed E-state index contributed by atoms with van der Waals surface area (Å²) in [5, 5.41) is 13.3. The van der Waals surface area contributed by atoms with Crippen molar-refractivity contribution in [1.29, 1.82) is 0 Å². The van der Waals surface area contributed by atoms with E-state index in [1.165, 1.54) is 25.1 Å². The number of rotatable bonds is 5. The van der Waals surface area contributed by atoms with Crippen LogP contribution in [0.5, 0.6) is 0 Å². The molecule has 0 radical (unpaired) electrons. The number of amides is 1. The molecule has 122 valence electrons. The summed E-state index contributed by atoms with van der Waals surface area (Å²) >= 11 is 0. The third-order valence-electron chi connectivity index (χ3n) is 3.34. The van der Waals surface area contributed by atoms with Crippen molar-refractivity contribution in [1.82, 2.24) is 5.32 Å². The quantitative estimate of drug-likeness (QED) is 0.655. The van der Waals surface area contributed by atoms with Crippen molar-refractivity contribution < 1.29 is 18.1 Å². The van der Waals surface area contributed by atoms with E-state index in [-0.39, 0.29) is 29.1 Å². The van der Waals surface area contributed by atoms with E-state index in [0.29, 0.717) is 0 Å². The first kappa shape index (κ1) is 18.1. The van der Waals surface area contributed by atoms with Crippen LogP contribution in [0.1, 0.15) is 36.7 Å². The molecule has 0 bridgehead atoms. The van der Waals surface area contributed by atoms with E-state index < -0.39 is 25.4 Å². The number of nitrogens with one attached hydrogen (secondary N) is 1. The minimum atomic E-state index is -3.33. The Morgan fingerprint density at radius 1 is 1.32 bits per heavy atom. The van der Waals surface area contributed by atoms with E-state index in [0.717, 1.165) is 0 Å². The average molecular weight is 328 g/mol. The zero-order valence-corrected chi connectivity index (χ0v) is 13.9. The molecule has 0 aromatic heterocycles. The third kappa shape index (κ3) is 4.03. The number of benzene rings is 1. The van der Waals surface area contributed by atoms with Crippen LogP contribution in [0, 0.1) is 17.0 Å².